The Kier molecular flexibility index (Phi) is 5.20. The first-order valence-electron chi connectivity index (χ1n) is 6.38. The normalized spacial score (nSPS) is 19.5. The van der Waals surface area contributed by atoms with Gasteiger partial charge in [-0.15, -0.1) is 0 Å². The molecule has 1 heterocycles. The predicted octanol–water partition coefficient (Wildman–Crippen LogP) is 3.19. The van der Waals surface area contributed by atoms with E-state index in [1.807, 2.05) is 24.3 Å². The Morgan fingerprint density at radius 3 is 2.70 bits per heavy atom. The van der Waals surface area contributed by atoms with Gasteiger partial charge in [-0.25, -0.2) is 0 Å². The number of rotatable bonds is 6. The average molecular weight is 341 g/mol. The number of ether oxygens (including phenoxy) is 3. The average Bonchev–Trinajstić information content (AvgIpc) is 2.86. The van der Waals surface area contributed by atoms with Gasteiger partial charge in [0, 0.05) is 10.9 Å². The fraction of sp³-hybridized carbons (Fsp3) is 0.400. The maximum atomic E-state index is 11.2. The van der Waals surface area contributed by atoms with Gasteiger partial charge in [0.1, 0.15) is 18.0 Å². The molecule has 2 rings (SSSR count). The van der Waals surface area contributed by atoms with Crippen molar-refractivity contribution in [2.75, 3.05) is 7.11 Å². The van der Waals surface area contributed by atoms with Crippen LogP contribution in [0.15, 0.2) is 35.3 Å². The summed E-state index contributed by atoms with van der Waals surface area (Å²) >= 11 is 3.34. The summed E-state index contributed by atoms with van der Waals surface area (Å²) in [5, 5.41) is 0. The van der Waals surface area contributed by atoms with Gasteiger partial charge in [0.15, 0.2) is 0 Å². The van der Waals surface area contributed by atoms with E-state index in [0.717, 1.165) is 11.3 Å². The van der Waals surface area contributed by atoms with Crippen molar-refractivity contribution in [3.8, 4) is 5.75 Å². The third-order valence-corrected chi connectivity index (χ3v) is 3.60. The SMILES string of the molecule is C=C(Br)[C@@H](OCc1ccc(OC)cc1)[C@H]1CCC(=O)O1. The lowest BCUT2D eigenvalue weighted by Gasteiger charge is -2.22. The number of carbonyl (C=O) groups is 1. The Hall–Kier alpha value is -1.33. The summed E-state index contributed by atoms with van der Waals surface area (Å²) in [6.45, 7) is 4.27. The van der Waals surface area contributed by atoms with Gasteiger partial charge in [0.2, 0.25) is 0 Å². The van der Waals surface area contributed by atoms with Crippen molar-refractivity contribution >= 4 is 21.9 Å². The van der Waals surface area contributed by atoms with Gasteiger partial charge in [-0.3, -0.25) is 4.79 Å². The van der Waals surface area contributed by atoms with Crippen molar-refractivity contribution in [1.29, 1.82) is 0 Å². The summed E-state index contributed by atoms with van der Waals surface area (Å²) in [6.07, 6.45) is 0.514. The molecule has 0 aromatic heterocycles. The van der Waals surface area contributed by atoms with Gasteiger partial charge in [-0.1, -0.05) is 34.6 Å². The molecule has 0 bridgehead atoms. The zero-order chi connectivity index (χ0) is 14.5. The lowest BCUT2D eigenvalue weighted by molar-refractivity contribution is -0.146. The van der Waals surface area contributed by atoms with Crippen LogP contribution >= 0.6 is 15.9 Å². The van der Waals surface area contributed by atoms with Crippen molar-refractivity contribution in [2.24, 2.45) is 0 Å². The maximum Gasteiger partial charge on any atom is 0.306 e. The van der Waals surface area contributed by atoms with Gasteiger partial charge in [0.25, 0.3) is 0 Å². The van der Waals surface area contributed by atoms with Crippen LogP contribution in [-0.4, -0.2) is 25.3 Å². The van der Waals surface area contributed by atoms with E-state index in [1.165, 1.54) is 0 Å². The Morgan fingerprint density at radius 1 is 1.50 bits per heavy atom. The number of hydrogen-bond donors (Lipinski definition) is 0. The molecule has 4 nitrogen and oxygen atoms in total. The number of carbonyl (C=O) groups excluding carboxylic acids is 1. The lowest BCUT2D eigenvalue weighted by atomic mass is 10.1. The summed E-state index contributed by atoms with van der Waals surface area (Å²) in [6, 6.07) is 7.64. The summed E-state index contributed by atoms with van der Waals surface area (Å²) in [7, 11) is 1.63. The van der Waals surface area contributed by atoms with Gasteiger partial charge in [-0.2, -0.15) is 0 Å². The van der Waals surface area contributed by atoms with Gasteiger partial charge < -0.3 is 14.2 Å². The smallest absolute Gasteiger partial charge is 0.306 e. The monoisotopic (exact) mass is 340 g/mol. The second-order valence-corrected chi connectivity index (χ2v) is 5.61. The highest BCUT2D eigenvalue weighted by Gasteiger charge is 2.32. The molecule has 0 spiro atoms. The van der Waals surface area contributed by atoms with E-state index < -0.39 is 0 Å². The van der Waals surface area contributed by atoms with Gasteiger partial charge >= 0.3 is 5.97 Å². The third kappa shape index (κ3) is 3.84. The zero-order valence-electron chi connectivity index (χ0n) is 11.3. The molecule has 0 radical (unpaired) electrons. The molecular formula is C15H17BrO4. The number of halogens is 1. The van der Waals surface area contributed by atoms with Crippen molar-refractivity contribution < 1.29 is 19.0 Å². The maximum absolute atomic E-state index is 11.2. The second kappa shape index (κ2) is 6.90. The first-order chi connectivity index (χ1) is 9.60. The Balaban J connectivity index is 1.94. The highest BCUT2D eigenvalue weighted by molar-refractivity contribution is 9.11. The minimum absolute atomic E-state index is 0.179. The van der Waals surface area contributed by atoms with Gasteiger partial charge in [-0.05, 0) is 24.1 Å². The molecule has 2 atom stereocenters. The van der Waals surface area contributed by atoms with Crippen LogP contribution in [0.1, 0.15) is 18.4 Å². The summed E-state index contributed by atoms with van der Waals surface area (Å²) in [5.41, 5.74) is 1.02. The molecule has 0 amide bonds. The third-order valence-electron chi connectivity index (χ3n) is 3.15. The molecule has 0 N–H and O–H groups in total. The highest BCUT2D eigenvalue weighted by atomic mass is 79.9. The van der Waals surface area contributed by atoms with Crippen molar-refractivity contribution in [3.05, 3.63) is 40.9 Å². The molecule has 0 aliphatic carbocycles. The van der Waals surface area contributed by atoms with E-state index in [4.69, 9.17) is 14.2 Å². The lowest BCUT2D eigenvalue weighted by Crippen LogP contribution is -2.29. The fourth-order valence-electron chi connectivity index (χ4n) is 2.07. The molecule has 1 aliphatic heterocycles. The standard InChI is InChI=1S/C15H17BrO4/c1-10(16)15(13-7-8-14(17)20-13)19-9-11-3-5-12(18-2)6-4-11/h3-6,13,15H,1,7-9H2,2H3/t13-,15-/m1/s1. The van der Waals surface area contributed by atoms with Crippen molar-refractivity contribution in [3.63, 3.8) is 0 Å². The Bertz CT molecular complexity index is 483. The molecule has 1 fully saturated rings. The minimum atomic E-state index is -0.330. The first-order valence-corrected chi connectivity index (χ1v) is 7.17. The molecule has 108 valence electrons. The zero-order valence-corrected chi connectivity index (χ0v) is 12.9. The van der Waals surface area contributed by atoms with Crippen LogP contribution in [-0.2, 0) is 20.9 Å². The number of methoxy groups -OCH3 is 1. The topological polar surface area (TPSA) is 44.8 Å². The molecular weight excluding hydrogens is 324 g/mol. The van der Waals surface area contributed by atoms with E-state index in [2.05, 4.69) is 22.5 Å². The van der Waals surface area contributed by atoms with Crippen LogP contribution < -0.4 is 4.74 Å². The van der Waals surface area contributed by atoms with Crippen molar-refractivity contribution in [2.45, 2.75) is 31.7 Å². The van der Waals surface area contributed by atoms with E-state index in [9.17, 15) is 4.79 Å². The van der Waals surface area contributed by atoms with Crippen LogP contribution in [0.3, 0.4) is 0 Å². The molecule has 0 unspecified atom stereocenters. The van der Waals surface area contributed by atoms with Crippen LogP contribution in [0.2, 0.25) is 0 Å². The van der Waals surface area contributed by atoms with Crippen molar-refractivity contribution in [1.82, 2.24) is 0 Å². The van der Waals surface area contributed by atoms with Crippen LogP contribution in [0.4, 0.5) is 0 Å². The number of cyclic esters (lactones) is 1. The number of esters is 1. The highest BCUT2D eigenvalue weighted by Crippen LogP contribution is 2.27. The molecule has 1 saturated heterocycles. The van der Waals surface area contributed by atoms with E-state index in [1.54, 1.807) is 7.11 Å². The predicted molar refractivity (Wildman–Crippen MR) is 78.8 cm³/mol. The molecule has 0 saturated carbocycles. The van der Waals surface area contributed by atoms with E-state index >= 15 is 0 Å². The van der Waals surface area contributed by atoms with E-state index in [0.29, 0.717) is 23.9 Å². The molecule has 5 heteroatoms. The minimum Gasteiger partial charge on any atom is -0.497 e. The molecule has 20 heavy (non-hydrogen) atoms. The summed E-state index contributed by atoms with van der Waals surface area (Å²) < 4.78 is 16.9. The van der Waals surface area contributed by atoms with Crippen LogP contribution in [0, 0.1) is 0 Å². The van der Waals surface area contributed by atoms with E-state index in [-0.39, 0.29) is 18.2 Å². The summed E-state index contributed by atoms with van der Waals surface area (Å²) in [4.78, 5) is 11.2. The second-order valence-electron chi connectivity index (χ2n) is 4.59. The number of benzene rings is 1. The molecule has 1 aromatic rings. The first kappa shape index (κ1) is 15.1. The quantitative estimate of drug-likeness (QED) is 0.746. The number of hydrogen-bond acceptors (Lipinski definition) is 4. The fourth-order valence-corrected chi connectivity index (χ4v) is 2.49. The van der Waals surface area contributed by atoms with Crippen LogP contribution in [0.5, 0.6) is 5.75 Å². The Labute approximate surface area is 126 Å². The molecule has 1 aliphatic rings. The molecule has 1 aromatic carbocycles. The van der Waals surface area contributed by atoms with Gasteiger partial charge in [0.05, 0.1) is 13.7 Å². The summed E-state index contributed by atoms with van der Waals surface area (Å²) in [5.74, 6) is 0.627. The largest absolute Gasteiger partial charge is 0.497 e. The van der Waals surface area contributed by atoms with Crippen LogP contribution in [0.25, 0.3) is 0 Å². The Morgan fingerprint density at radius 2 is 2.20 bits per heavy atom.